The van der Waals surface area contributed by atoms with Crippen molar-refractivity contribution in [3.8, 4) is 11.4 Å². The Bertz CT molecular complexity index is 1310. The van der Waals surface area contributed by atoms with Crippen molar-refractivity contribution >= 4 is 51.7 Å². The van der Waals surface area contributed by atoms with E-state index in [0.29, 0.717) is 38.3 Å². The molecule has 0 aliphatic carbocycles. The van der Waals surface area contributed by atoms with E-state index >= 15 is 0 Å². The van der Waals surface area contributed by atoms with Crippen molar-refractivity contribution in [1.29, 1.82) is 0 Å². The summed E-state index contributed by atoms with van der Waals surface area (Å²) >= 11 is 7.10. The van der Waals surface area contributed by atoms with Crippen LogP contribution in [0.1, 0.15) is 0 Å². The number of rotatable bonds is 7. The Labute approximate surface area is 192 Å². The molecule has 0 fully saturated rings. The van der Waals surface area contributed by atoms with E-state index in [9.17, 15) is 14.9 Å². The topological polar surface area (TPSA) is 99.3 Å². The third-order valence-electron chi connectivity index (χ3n) is 4.60. The molecular weight excluding hydrogens is 452 g/mol. The second-order valence-corrected chi connectivity index (χ2v) is 8.05. The van der Waals surface area contributed by atoms with Gasteiger partial charge in [-0.2, -0.15) is 0 Å². The van der Waals surface area contributed by atoms with Gasteiger partial charge in [-0.3, -0.25) is 19.5 Å². The average Bonchev–Trinajstić information content (AvgIpc) is 3.16. The SMILES string of the molecule is COc1ccccc1-n1c(SCC(=O)Nc2ccc(Cl)cc2)nc2cc([N+](=O)[O-])ccc21. The molecule has 1 heterocycles. The number of para-hydroxylation sites is 2. The summed E-state index contributed by atoms with van der Waals surface area (Å²) in [5, 5.41) is 15.1. The van der Waals surface area contributed by atoms with Crippen LogP contribution in [0.5, 0.6) is 5.75 Å². The highest BCUT2D eigenvalue weighted by atomic mass is 35.5. The number of fused-ring (bicyclic) bond motifs is 1. The van der Waals surface area contributed by atoms with Crippen molar-refractivity contribution in [2.45, 2.75) is 5.16 Å². The average molecular weight is 469 g/mol. The van der Waals surface area contributed by atoms with Crippen LogP contribution in [0.4, 0.5) is 11.4 Å². The number of carbonyl (C=O) groups excluding carboxylic acids is 1. The largest absolute Gasteiger partial charge is 0.495 e. The van der Waals surface area contributed by atoms with Gasteiger partial charge in [0.05, 0.1) is 34.5 Å². The molecule has 0 saturated carbocycles. The normalized spacial score (nSPS) is 10.8. The molecule has 0 atom stereocenters. The fraction of sp³-hybridized carbons (Fsp3) is 0.0909. The number of aromatic nitrogens is 2. The minimum absolute atomic E-state index is 0.0563. The van der Waals surface area contributed by atoms with E-state index in [-0.39, 0.29) is 17.3 Å². The minimum atomic E-state index is -0.464. The third kappa shape index (κ3) is 4.53. The lowest BCUT2D eigenvalue weighted by Gasteiger charge is -2.13. The van der Waals surface area contributed by atoms with Crippen molar-refractivity contribution < 1.29 is 14.5 Å². The third-order valence-corrected chi connectivity index (χ3v) is 5.80. The van der Waals surface area contributed by atoms with Gasteiger partial charge in [-0.25, -0.2) is 4.98 Å². The summed E-state index contributed by atoms with van der Waals surface area (Å²) in [6, 6.07) is 18.7. The second kappa shape index (κ2) is 9.29. The fourth-order valence-electron chi connectivity index (χ4n) is 3.16. The maximum absolute atomic E-state index is 12.5. The van der Waals surface area contributed by atoms with Crippen molar-refractivity contribution in [3.63, 3.8) is 0 Å². The number of nitrogens with zero attached hydrogens (tertiary/aromatic N) is 3. The van der Waals surface area contributed by atoms with Crippen LogP contribution >= 0.6 is 23.4 Å². The smallest absolute Gasteiger partial charge is 0.271 e. The summed E-state index contributed by atoms with van der Waals surface area (Å²) in [4.78, 5) is 27.8. The zero-order valence-corrected chi connectivity index (χ0v) is 18.4. The van der Waals surface area contributed by atoms with Gasteiger partial charge in [0.15, 0.2) is 5.16 Å². The van der Waals surface area contributed by atoms with E-state index in [0.717, 1.165) is 0 Å². The molecule has 10 heteroatoms. The molecule has 1 aromatic heterocycles. The Balaban J connectivity index is 1.68. The van der Waals surface area contributed by atoms with Gasteiger partial charge in [0, 0.05) is 22.8 Å². The van der Waals surface area contributed by atoms with E-state index in [2.05, 4.69) is 10.3 Å². The predicted octanol–water partition coefficient (Wildman–Crippen LogP) is 5.33. The summed E-state index contributed by atoms with van der Waals surface area (Å²) in [5.41, 5.74) is 2.41. The molecule has 4 aromatic rings. The monoisotopic (exact) mass is 468 g/mol. The summed E-state index contributed by atoms with van der Waals surface area (Å²) in [6.45, 7) is 0. The molecule has 0 spiro atoms. The lowest BCUT2D eigenvalue weighted by molar-refractivity contribution is -0.384. The van der Waals surface area contributed by atoms with Crippen LogP contribution in [0.15, 0.2) is 71.9 Å². The van der Waals surface area contributed by atoms with Gasteiger partial charge in [-0.1, -0.05) is 35.5 Å². The van der Waals surface area contributed by atoms with Crippen LogP contribution in [-0.4, -0.2) is 33.2 Å². The van der Waals surface area contributed by atoms with Crippen LogP contribution < -0.4 is 10.1 Å². The Morgan fingerprint density at radius 3 is 2.66 bits per heavy atom. The number of hydrogen-bond donors (Lipinski definition) is 1. The van der Waals surface area contributed by atoms with E-state index in [1.807, 2.05) is 28.8 Å². The van der Waals surface area contributed by atoms with Gasteiger partial charge in [-0.15, -0.1) is 0 Å². The van der Waals surface area contributed by atoms with Gasteiger partial charge >= 0.3 is 0 Å². The molecule has 1 amide bonds. The van der Waals surface area contributed by atoms with Crippen LogP contribution in [0.25, 0.3) is 16.7 Å². The fourth-order valence-corrected chi connectivity index (χ4v) is 4.11. The zero-order valence-electron chi connectivity index (χ0n) is 16.8. The molecule has 0 aliphatic heterocycles. The number of thioether (sulfide) groups is 1. The summed E-state index contributed by atoms with van der Waals surface area (Å²) in [6.07, 6.45) is 0. The molecule has 0 unspecified atom stereocenters. The number of nitro groups is 1. The van der Waals surface area contributed by atoms with Crippen molar-refractivity contribution in [3.05, 3.63) is 81.9 Å². The van der Waals surface area contributed by atoms with Crippen LogP contribution in [0, 0.1) is 10.1 Å². The number of carbonyl (C=O) groups is 1. The Morgan fingerprint density at radius 1 is 1.19 bits per heavy atom. The number of hydrogen-bond acceptors (Lipinski definition) is 6. The van der Waals surface area contributed by atoms with Gasteiger partial charge in [0.1, 0.15) is 5.75 Å². The maximum atomic E-state index is 12.5. The first-order valence-electron chi connectivity index (χ1n) is 9.45. The van der Waals surface area contributed by atoms with E-state index in [1.54, 1.807) is 37.4 Å². The van der Waals surface area contributed by atoms with Crippen LogP contribution in [0.3, 0.4) is 0 Å². The van der Waals surface area contributed by atoms with Crippen molar-refractivity contribution in [2.75, 3.05) is 18.2 Å². The molecule has 0 bridgehead atoms. The number of methoxy groups -OCH3 is 1. The molecule has 0 aliphatic rings. The highest BCUT2D eigenvalue weighted by Crippen LogP contribution is 2.33. The van der Waals surface area contributed by atoms with Gasteiger partial charge in [0.25, 0.3) is 5.69 Å². The van der Waals surface area contributed by atoms with E-state index in [4.69, 9.17) is 16.3 Å². The lowest BCUT2D eigenvalue weighted by atomic mass is 10.2. The predicted molar refractivity (Wildman–Crippen MR) is 125 cm³/mol. The maximum Gasteiger partial charge on any atom is 0.271 e. The first-order chi connectivity index (χ1) is 15.5. The summed E-state index contributed by atoms with van der Waals surface area (Å²) < 4.78 is 7.32. The Morgan fingerprint density at radius 2 is 1.94 bits per heavy atom. The molecule has 8 nitrogen and oxygen atoms in total. The molecular formula is C22H17ClN4O4S. The van der Waals surface area contributed by atoms with Gasteiger partial charge in [0.2, 0.25) is 5.91 Å². The number of anilines is 1. The Kier molecular flexibility index (Phi) is 6.29. The van der Waals surface area contributed by atoms with Gasteiger partial charge in [-0.05, 0) is 42.5 Å². The molecule has 4 rings (SSSR count). The highest BCUT2D eigenvalue weighted by molar-refractivity contribution is 7.99. The number of imidazole rings is 1. The number of benzene rings is 3. The molecule has 3 aromatic carbocycles. The van der Waals surface area contributed by atoms with Crippen molar-refractivity contribution in [1.82, 2.24) is 9.55 Å². The zero-order chi connectivity index (χ0) is 22.7. The van der Waals surface area contributed by atoms with Gasteiger partial charge < -0.3 is 10.1 Å². The first-order valence-corrected chi connectivity index (χ1v) is 10.8. The number of non-ortho nitro benzene ring substituents is 1. The highest BCUT2D eigenvalue weighted by Gasteiger charge is 2.19. The molecule has 0 radical (unpaired) electrons. The standard InChI is InChI=1S/C22H17ClN4O4S/c1-31-20-5-3-2-4-19(20)26-18-11-10-16(27(29)30)12-17(18)25-22(26)32-13-21(28)24-15-8-6-14(23)7-9-15/h2-12H,13H2,1H3,(H,24,28). The first kappa shape index (κ1) is 21.7. The summed E-state index contributed by atoms with van der Waals surface area (Å²) in [7, 11) is 1.56. The molecule has 0 saturated heterocycles. The minimum Gasteiger partial charge on any atom is -0.495 e. The van der Waals surface area contributed by atoms with Crippen LogP contribution in [-0.2, 0) is 4.79 Å². The number of nitro benzene ring substituents is 1. The number of nitrogens with one attached hydrogen (secondary N) is 1. The second-order valence-electron chi connectivity index (χ2n) is 6.68. The molecule has 1 N–H and O–H groups in total. The van der Waals surface area contributed by atoms with E-state index < -0.39 is 4.92 Å². The van der Waals surface area contributed by atoms with Crippen LogP contribution in [0.2, 0.25) is 5.02 Å². The summed E-state index contributed by atoms with van der Waals surface area (Å²) in [5.74, 6) is 0.475. The number of ether oxygens (including phenoxy) is 1. The van der Waals surface area contributed by atoms with Crippen molar-refractivity contribution in [2.24, 2.45) is 0 Å². The number of halogens is 1. The molecule has 32 heavy (non-hydrogen) atoms. The number of amides is 1. The lowest BCUT2D eigenvalue weighted by Crippen LogP contribution is -2.14. The Hall–Kier alpha value is -3.56. The quantitative estimate of drug-likeness (QED) is 0.223. The molecule has 162 valence electrons. The van der Waals surface area contributed by atoms with E-state index in [1.165, 1.54) is 23.9 Å².